The fourth-order valence-electron chi connectivity index (χ4n) is 3.09. The Balaban J connectivity index is 1.33. The zero-order valence-electron chi connectivity index (χ0n) is 15.4. The van der Waals surface area contributed by atoms with Gasteiger partial charge in [-0.2, -0.15) is 0 Å². The molecule has 1 N–H and O–H groups in total. The minimum absolute atomic E-state index is 0.0485. The van der Waals surface area contributed by atoms with Gasteiger partial charge in [0.05, 0.1) is 6.54 Å². The lowest BCUT2D eigenvalue weighted by molar-refractivity contribution is -0.117. The Morgan fingerprint density at radius 3 is 2.46 bits per heavy atom. The Labute approximate surface area is 155 Å². The van der Waals surface area contributed by atoms with E-state index in [1.54, 1.807) is 0 Å². The lowest BCUT2D eigenvalue weighted by atomic mass is 10.2. The molecule has 2 aromatic rings. The lowest BCUT2D eigenvalue weighted by Gasteiger charge is -2.34. The minimum atomic E-state index is 0.0485. The Kier molecular flexibility index (Phi) is 6.63. The van der Waals surface area contributed by atoms with Crippen LogP contribution in [0.15, 0.2) is 54.6 Å². The van der Waals surface area contributed by atoms with Gasteiger partial charge < -0.3 is 10.1 Å². The molecule has 26 heavy (non-hydrogen) atoms. The molecule has 138 valence electrons. The van der Waals surface area contributed by atoms with E-state index in [2.05, 4.69) is 34.2 Å². The van der Waals surface area contributed by atoms with Crippen molar-refractivity contribution in [2.45, 2.75) is 6.92 Å². The van der Waals surface area contributed by atoms with E-state index in [0.29, 0.717) is 13.2 Å². The van der Waals surface area contributed by atoms with Gasteiger partial charge in [0.25, 0.3) is 0 Å². The Morgan fingerprint density at radius 1 is 1.00 bits per heavy atom. The second kappa shape index (κ2) is 9.36. The molecule has 5 heteroatoms. The third-order valence-electron chi connectivity index (χ3n) is 4.56. The number of anilines is 1. The molecule has 0 saturated carbocycles. The SMILES string of the molecule is Cc1cccc(OCCN2CCN(CC(=O)Nc3ccccc3)CC2)c1. The van der Waals surface area contributed by atoms with E-state index in [-0.39, 0.29) is 5.91 Å². The molecule has 1 heterocycles. The van der Waals surface area contributed by atoms with Crippen LogP contribution in [0, 0.1) is 6.92 Å². The van der Waals surface area contributed by atoms with Gasteiger partial charge in [-0.1, -0.05) is 30.3 Å². The largest absolute Gasteiger partial charge is 0.492 e. The van der Waals surface area contributed by atoms with E-state index in [0.717, 1.165) is 44.2 Å². The Hall–Kier alpha value is -2.37. The van der Waals surface area contributed by atoms with E-state index in [4.69, 9.17) is 4.74 Å². The highest BCUT2D eigenvalue weighted by atomic mass is 16.5. The van der Waals surface area contributed by atoms with Crippen LogP contribution in [0.5, 0.6) is 5.75 Å². The molecule has 1 amide bonds. The first-order valence-electron chi connectivity index (χ1n) is 9.18. The summed E-state index contributed by atoms with van der Waals surface area (Å²) in [5, 5.41) is 2.94. The molecule has 0 spiro atoms. The van der Waals surface area contributed by atoms with Crippen molar-refractivity contribution in [3.63, 3.8) is 0 Å². The number of piperazine rings is 1. The van der Waals surface area contributed by atoms with Crippen LogP contribution in [-0.2, 0) is 4.79 Å². The topological polar surface area (TPSA) is 44.8 Å². The van der Waals surface area contributed by atoms with Gasteiger partial charge in [0.1, 0.15) is 12.4 Å². The van der Waals surface area contributed by atoms with Gasteiger partial charge in [0, 0.05) is 38.4 Å². The second-order valence-corrected chi connectivity index (χ2v) is 6.70. The minimum Gasteiger partial charge on any atom is -0.492 e. The fraction of sp³-hybridized carbons (Fsp3) is 0.381. The van der Waals surface area contributed by atoms with Crippen molar-refractivity contribution in [2.75, 3.05) is 51.2 Å². The summed E-state index contributed by atoms with van der Waals surface area (Å²) < 4.78 is 5.83. The summed E-state index contributed by atoms with van der Waals surface area (Å²) >= 11 is 0. The number of carbonyl (C=O) groups excluding carboxylic acids is 1. The molecule has 1 saturated heterocycles. The molecule has 0 atom stereocenters. The highest BCUT2D eigenvalue weighted by Gasteiger charge is 2.18. The lowest BCUT2D eigenvalue weighted by Crippen LogP contribution is -2.49. The number of hydrogen-bond acceptors (Lipinski definition) is 4. The van der Waals surface area contributed by atoms with Crippen molar-refractivity contribution >= 4 is 11.6 Å². The van der Waals surface area contributed by atoms with E-state index in [1.165, 1.54) is 5.56 Å². The third kappa shape index (κ3) is 5.86. The predicted octanol–water partition coefficient (Wildman–Crippen LogP) is 2.63. The summed E-state index contributed by atoms with van der Waals surface area (Å²) in [5.74, 6) is 0.980. The van der Waals surface area contributed by atoms with Crippen molar-refractivity contribution in [2.24, 2.45) is 0 Å². The van der Waals surface area contributed by atoms with Crippen molar-refractivity contribution in [3.8, 4) is 5.75 Å². The van der Waals surface area contributed by atoms with E-state index >= 15 is 0 Å². The maximum Gasteiger partial charge on any atom is 0.238 e. The molecule has 0 unspecified atom stereocenters. The van der Waals surface area contributed by atoms with Crippen LogP contribution in [0.2, 0.25) is 0 Å². The third-order valence-corrected chi connectivity index (χ3v) is 4.56. The Morgan fingerprint density at radius 2 is 1.73 bits per heavy atom. The van der Waals surface area contributed by atoms with Crippen LogP contribution >= 0.6 is 0 Å². The number of para-hydroxylation sites is 1. The van der Waals surface area contributed by atoms with Crippen molar-refractivity contribution < 1.29 is 9.53 Å². The summed E-state index contributed by atoms with van der Waals surface area (Å²) in [6, 6.07) is 17.7. The Bertz CT molecular complexity index is 697. The maximum absolute atomic E-state index is 12.1. The van der Waals surface area contributed by atoms with Crippen molar-refractivity contribution in [1.82, 2.24) is 9.80 Å². The molecule has 0 aromatic heterocycles. The molecule has 1 aliphatic heterocycles. The summed E-state index contributed by atoms with van der Waals surface area (Å²) in [7, 11) is 0. The zero-order valence-corrected chi connectivity index (χ0v) is 15.4. The maximum atomic E-state index is 12.1. The molecule has 5 nitrogen and oxygen atoms in total. The number of benzene rings is 2. The van der Waals surface area contributed by atoms with Crippen molar-refractivity contribution in [1.29, 1.82) is 0 Å². The van der Waals surface area contributed by atoms with Crippen LogP contribution in [0.4, 0.5) is 5.69 Å². The molecular weight excluding hydrogens is 326 g/mol. The number of amides is 1. The monoisotopic (exact) mass is 353 g/mol. The van der Waals surface area contributed by atoms with Crippen LogP contribution in [0.1, 0.15) is 5.56 Å². The number of aryl methyl sites for hydroxylation is 1. The van der Waals surface area contributed by atoms with Gasteiger partial charge in [-0.25, -0.2) is 0 Å². The number of ether oxygens (including phenoxy) is 1. The first kappa shape index (κ1) is 18.4. The molecule has 0 radical (unpaired) electrons. The summed E-state index contributed by atoms with van der Waals surface area (Å²) in [6.45, 7) is 7.88. The first-order chi connectivity index (χ1) is 12.7. The highest BCUT2D eigenvalue weighted by Crippen LogP contribution is 2.12. The van der Waals surface area contributed by atoms with Crippen LogP contribution in [-0.4, -0.2) is 61.6 Å². The summed E-state index contributed by atoms with van der Waals surface area (Å²) in [4.78, 5) is 16.7. The number of carbonyl (C=O) groups is 1. The van der Waals surface area contributed by atoms with Gasteiger partial charge in [-0.15, -0.1) is 0 Å². The van der Waals surface area contributed by atoms with E-state index < -0.39 is 0 Å². The van der Waals surface area contributed by atoms with Crippen LogP contribution in [0.3, 0.4) is 0 Å². The first-order valence-corrected chi connectivity index (χ1v) is 9.18. The van der Waals surface area contributed by atoms with Crippen LogP contribution in [0.25, 0.3) is 0 Å². The molecular formula is C21H27N3O2. The van der Waals surface area contributed by atoms with E-state index in [9.17, 15) is 4.79 Å². The molecule has 0 bridgehead atoms. The average Bonchev–Trinajstić information content (AvgIpc) is 2.64. The predicted molar refractivity (Wildman–Crippen MR) is 105 cm³/mol. The van der Waals surface area contributed by atoms with Crippen LogP contribution < -0.4 is 10.1 Å². The van der Waals surface area contributed by atoms with Gasteiger partial charge in [-0.3, -0.25) is 14.6 Å². The number of rotatable bonds is 7. The fourth-order valence-corrected chi connectivity index (χ4v) is 3.09. The molecule has 0 aliphatic carbocycles. The van der Waals surface area contributed by atoms with Gasteiger partial charge >= 0.3 is 0 Å². The zero-order chi connectivity index (χ0) is 18.2. The highest BCUT2D eigenvalue weighted by molar-refractivity contribution is 5.92. The van der Waals surface area contributed by atoms with E-state index in [1.807, 2.05) is 42.5 Å². The van der Waals surface area contributed by atoms with Gasteiger partial charge in [0.15, 0.2) is 0 Å². The van der Waals surface area contributed by atoms with Crippen molar-refractivity contribution in [3.05, 3.63) is 60.2 Å². The number of nitrogens with zero attached hydrogens (tertiary/aromatic N) is 2. The number of nitrogens with one attached hydrogen (secondary N) is 1. The number of hydrogen-bond donors (Lipinski definition) is 1. The van der Waals surface area contributed by atoms with Gasteiger partial charge in [0.2, 0.25) is 5.91 Å². The smallest absolute Gasteiger partial charge is 0.238 e. The van der Waals surface area contributed by atoms with Gasteiger partial charge in [-0.05, 0) is 36.8 Å². The standard InChI is InChI=1S/C21H27N3O2/c1-18-6-5-9-20(16-18)26-15-14-23-10-12-24(13-11-23)17-21(25)22-19-7-3-2-4-8-19/h2-9,16H,10-15,17H2,1H3,(H,22,25). The molecule has 1 aliphatic rings. The molecule has 1 fully saturated rings. The quantitative estimate of drug-likeness (QED) is 0.831. The molecule has 2 aromatic carbocycles. The second-order valence-electron chi connectivity index (χ2n) is 6.70. The normalized spacial score (nSPS) is 15.6. The average molecular weight is 353 g/mol. The summed E-state index contributed by atoms with van der Waals surface area (Å²) in [5.41, 5.74) is 2.06. The molecule has 3 rings (SSSR count). The summed E-state index contributed by atoms with van der Waals surface area (Å²) in [6.07, 6.45) is 0.